The van der Waals surface area contributed by atoms with Crippen molar-refractivity contribution in [3.63, 3.8) is 0 Å². The predicted molar refractivity (Wildman–Crippen MR) is 68.2 cm³/mol. The maximum absolute atomic E-state index is 9.00. The van der Waals surface area contributed by atoms with Crippen LogP contribution >= 0.6 is 12.4 Å². The van der Waals surface area contributed by atoms with Crippen LogP contribution in [0.1, 0.15) is 18.9 Å². The molecule has 0 spiro atoms. The third-order valence-corrected chi connectivity index (χ3v) is 2.47. The highest BCUT2D eigenvalue weighted by Crippen LogP contribution is 2.11. The highest BCUT2D eigenvalue weighted by molar-refractivity contribution is 5.85. The van der Waals surface area contributed by atoms with Crippen molar-refractivity contribution in [1.82, 2.24) is 5.32 Å². The van der Waals surface area contributed by atoms with E-state index >= 15 is 0 Å². The average Bonchev–Trinajstić information content (AvgIpc) is 2.31. The van der Waals surface area contributed by atoms with Gasteiger partial charge in [-0.25, -0.2) is 0 Å². The molecular formula is C12H20ClNO2. The van der Waals surface area contributed by atoms with Crippen molar-refractivity contribution in [2.45, 2.75) is 25.9 Å². The number of halogens is 1. The second-order valence-corrected chi connectivity index (χ2v) is 3.52. The molecule has 1 atom stereocenters. The standard InChI is InChI=1S/C12H19NO2.ClH/c1-3-11(9-14)13-8-10-4-6-12(15-2)7-5-10;/h4-7,11,13-14H,3,8-9H2,1-2H3;1H. The largest absolute Gasteiger partial charge is 0.497 e. The molecule has 0 aliphatic heterocycles. The second kappa shape index (κ2) is 8.39. The quantitative estimate of drug-likeness (QED) is 0.805. The lowest BCUT2D eigenvalue weighted by Gasteiger charge is -2.13. The van der Waals surface area contributed by atoms with Crippen molar-refractivity contribution < 1.29 is 9.84 Å². The minimum Gasteiger partial charge on any atom is -0.497 e. The summed E-state index contributed by atoms with van der Waals surface area (Å²) in [5, 5.41) is 12.3. The fraction of sp³-hybridized carbons (Fsp3) is 0.500. The number of nitrogens with one attached hydrogen (secondary N) is 1. The summed E-state index contributed by atoms with van der Waals surface area (Å²) in [5.74, 6) is 0.868. The van der Waals surface area contributed by atoms with E-state index in [0.29, 0.717) is 0 Å². The van der Waals surface area contributed by atoms with Crippen molar-refractivity contribution in [3.05, 3.63) is 29.8 Å². The SMILES string of the molecule is CCC(CO)NCc1ccc(OC)cc1.Cl. The molecule has 0 heterocycles. The number of aliphatic hydroxyl groups excluding tert-OH is 1. The molecule has 0 saturated carbocycles. The molecule has 0 radical (unpaired) electrons. The molecule has 16 heavy (non-hydrogen) atoms. The fourth-order valence-electron chi connectivity index (χ4n) is 1.34. The smallest absolute Gasteiger partial charge is 0.118 e. The molecule has 2 N–H and O–H groups in total. The molecule has 0 aromatic heterocycles. The van der Waals surface area contributed by atoms with Crippen molar-refractivity contribution >= 4 is 12.4 Å². The van der Waals surface area contributed by atoms with Crippen LogP contribution in [0.4, 0.5) is 0 Å². The lowest BCUT2D eigenvalue weighted by atomic mass is 10.2. The van der Waals surface area contributed by atoms with Crippen LogP contribution in [0, 0.1) is 0 Å². The summed E-state index contributed by atoms with van der Waals surface area (Å²) in [5.41, 5.74) is 1.20. The van der Waals surface area contributed by atoms with Gasteiger partial charge in [-0.1, -0.05) is 19.1 Å². The van der Waals surface area contributed by atoms with Gasteiger partial charge in [0.25, 0.3) is 0 Å². The Balaban J connectivity index is 0.00000225. The van der Waals surface area contributed by atoms with Crippen LogP contribution in [-0.2, 0) is 6.54 Å². The summed E-state index contributed by atoms with van der Waals surface area (Å²) in [7, 11) is 1.66. The van der Waals surface area contributed by atoms with Crippen molar-refractivity contribution in [2.24, 2.45) is 0 Å². The Kier molecular flexibility index (Phi) is 7.99. The van der Waals surface area contributed by atoms with Crippen molar-refractivity contribution in [1.29, 1.82) is 0 Å². The minimum atomic E-state index is 0. The molecule has 1 unspecified atom stereocenters. The molecule has 1 aromatic rings. The molecule has 0 fully saturated rings. The Morgan fingerprint density at radius 1 is 1.31 bits per heavy atom. The van der Waals surface area contributed by atoms with Gasteiger partial charge in [-0.15, -0.1) is 12.4 Å². The molecule has 0 aliphatic rings. The van der Waals surface area contributed by atoms with E-state index in [-0.39, 0.29) is 25.1 Å². The topological polar surface area (TPSA) is 41.5 Å². The van der Waals surface area contributed by atoms with Crippen LogP contribution in [0.3, 0.4) is 0 Å². The van der Waals surface area contributed by atoms with Crippen LogP contribution in [-0.4, -0.2) is 24.9 Å². The summed E-state index contributed by atoms with van der Waals surface area (Å²) < 4.78 is 5.08. The van der Waals surface area contributed by atoms with Crippen molar-refractivity contribution in [2.75, 3.05) is 13.7 Å². The second-order valence-electron chi connectivity index (χ2n) is 3.52. The van der Waals surface area contributed by atoms with Gasteiger partial charge in [0.05, 0.1) is 13.7 Å². The van der Waals surface area contributed by atoms with E-state index in [4.69, 9.17) is 9.84 Å². The van der Waals surface area contributed by atoms with Gasteiger partial charge in [0, 0.05) is 12.6 Å². The zero-order valence-electron chi connectivity index (χ0n) is 9.77. The molecule has 92 valence electrons. The van der Waals surface area contributed by atoms with E-state index in [1.54, 1.807) is 7.11 Å². The van der Waals surface area contributed by atoms with E-state index < -0.39 is 0 Å². The molecule has 0 saturated heterocycles. The Morgan fingerprint density at radius 2 is 1.94 bits per heavy atom. The summed E-state index contributed by atoms with van der Waals surface area (Å²) in [6, 6.07) is 8.12. The Labute approximate surface area is 103 Å². The molecule has 0 aliphatic carbocycles. The number of hydrogen-bond acceptors (Lipinski definition) is 3. The molecule has 1 aromatic carbocycles. The first-order valence-corrected chi connectivity index (χ1v) is 5.27. The Bertz CT molecular complexity index is 273. The number of benzene rings is 1. The van der Waals surface area contributed by atoms with Gasteiger partial charge >= 0.3 is 0 Å². The highest BCUT2D eigenvalue weighted by atomic mass is 35.5. The third kappa shape index (κ3) is 4.84. The summed E-state index contributed by atoms with van der Waals surface area (Å²) >= 11 is 0. The maximum Gasteiger partial charge on any atom is 0.118 e. The molecule has 3 nitrogen and oxygen atoms in total. The lowest BCUT2D eigenvalue weighted by Crippen LogP contribution is -2.31. The van der Waals surface area contributed by atoms with E-state index in [9.17, 15) is 0 Å². The van der Waals surface area contributed by atoms with Gasteiger partial charge in [-0.2, -0.15) is 0 Å². The fourth-order valence-corrected chi connectivity index (χ4v) is 1.34. The van der Waals surface area contributed by atoms with Gasteiger partial charge in [0.1, 0.15) is 5.75 Å². The molecule has 0 bridgehead atoms. The first kappa shape index (κ1) is 15.2. The highest BCUT2D eigenvalue weighted by Gasteiger charge is 2.02. The number of hydrogen-bond donors (Lipinski definition) is 2. The normalized spacial score (nSPS) is 11.7. The first-order valence-electron chi connectivity index (χ1n) is 5.27. The zero-order chi connectivity index (χ0) is 11.1. The molecule has 0 amide bonds. The first-order chi connectivity index (χ1) is 7.30. The third-order valence-electron chi connectivity index (χ3n) is 2.47. The number of rotatable bonds is 6. The molecular weight excluding hydrogens is 226 g/mol. The number of methoxy groups -OCH3 is 1. The van der Waals surface area contributed by atoms with Crippen LogP contribution < -0.4 is 10.1 Å². The van der Waals surface area contributed by atoms with Gasteiger partial charge in [0.15, 0.2) is 0 Å². The van der Waals surface area contributed by atoms with Crippen LogP contribution in [0.5, 0.6) is 5.75 Å². The Morgan fingerprint density at radius 3 is 2.38 bits per heavy atom. The summed E-state index contributed by atoms with van der Waals surface area (Å²) in [6.07, 6.45) is 0.937. The molecule has 4 heteroatoms. The maximum atomic E-state index is 9.00. The summed E-state index contributed by atoms with van der Waals surface area (Å²) in [6.45, 7) is 3.03. The monoisotopic (exact) mass is 245 g/mol. The van der Waals surface area contributed by atoms with Crippen LogP contribution in [0.15, 0.2) is 24.3 Å². The average molecular weight is 246 g/mol. The van der Waals surface area contributed by atoms with Gasteiger partial charge < -0.3 is 15.2 Å². The summed E-state index contributed by atoms with van der Waals surface area (Å²) in [4.78, 5) is 0. The van der Waals surface area contributed by atoms with E-state index in [1.165, 1.54) is 5.56 Å². The number of aliphatic hydroxyl groups is 1. The van der Waals surface area contributed by atoms with Crippen molar-refractivity contribution in [3.8, 4) is 5.75 Å². The van der Waals surface area contributed by atoms with Crippen LogP contribution in [0.2, 0.25) is 0 Å². The number of ether oxygens (including phenoxy) is 1. The van der Waals surface area contributed by atoms with Gasteiger partial charge in [0.2, 0.25) is 0 Å². The predicted octanol–water partition coefficient (Wildman–Crippen LogP) is 1.98. The van der Waals surface area contributed by atoms with Crippen LogP contribution in [0.25, 0.3) is 0 Å². The van der Waals surface area contributed by atoms with Gasteiger partial charge in [-0.3, -0.25) is 0 Å². The van der Waals surface area contributed by atoms with E-state index in [0.717, 1.165) is 18.7 Å². The lowest BCUT2D eigenvalue weighted by molar-refractivity contribution is 0.238. The Hall–Kier alpha value is -0.770. The molecule has 1 rings (SSSR count). The zero-order valence-corrected chi connectivity index (χ0v) is 10.6. The minimum absolute atomic E-state index is 0. The van der Waals surface area contributed by atoms with E-state index in [1.807, 2.05) is 24.3 Å². The van der Waals surface area contributed by atoms with E-state index in [2.05, 4.69) is 12.2 Å². The van der Waals surface area contributed by atoms with Gasteiger partial charge in [-0.05, 0) is 24.1 Å².